The molecule has 0 unspecified atom stereocenters. The number of rotatable bonds is 6. The van der Waals surface area contributed by atoms with Crippen LogP contribution in [0.3, 0.4) is 0 Å². The van der Waals surface area contributed by atoms with Crippen LogP contribution >= 0.6 is 0 Å². The number of ether oxygens (including phenoxy) is 2. The third kappa shape index (κ3) is 5.09. The van der Waals surface area contributed by atoms with Crippen molar-refractivity contribution >= 4 is 16.0 Å². The van der Waals surface area contributed by atoms with Gasteiger partial charge in [-0.15, -0.1) is 0 Å². The summed E-state index contributed by atoms with van der Waals surface area (Å²) in [4.78, 5) is 13.8. The van der Waals surface area contributed by atoms with E-state index < -0.39 is 46.7 Å². The van der Waals surface area contributed by atoms with E-state index in [1.165, 1.54) is 14.0 Å². The average Bonchev–Trinajstić information content (AvgIpc) is 2.40. The van der Waals surface area contributed by atoms with E-state index >= 15 is 0 Å². The lowest BCUT2D eigenvalue weighted by atomic mass is 9.96. The summed E-state index contributed by atoms with van der Waals surface area (Å²) in [6.07, 6.45) is -4.12. The third-order valence-corrected chi connectivity index (χ3v) is 3.46. The summed E-state index contributed by atoms with van der Waals surface area (Å²) in [6, 6.07) is -1.06. The first-order valence-electron chi connectivity index (χ1n) is 6.22. The van der Waals surface area contributed by atoms with Crippen LogP contribution in [0.5, 0.6) is 0 Å². The van der Waals surface area contributed by atoms with Crippen molar-refractivity contribution < 1.29 is 32.0 Å². The molecule has 1 aliphatic rings. The minimum atomic E-state index is -3.93. The van der Waals surface area contributed by atoms with Gasteiger partial charge in [0.25, 0.3) is 10.1 Å². The Morgan fingerprint density at radius 3 is 2.64 bits per heavy atom. The maximum absolute atomic E-state index is 11.4. The molecule has 22 heavy (non-hydrogen) atoms. The Morgan fingerprint density at radius 1 is 1.55 bits per heavy atom. The van der Waals surface area contributed by atoms with Gasteiger partial charge in [-0.3, -0.25) is 8.98 Å². The molecule has 1 saturated heterocycles. The molecule has 0 aromatic heterocycles. The fourth-order valence-electron chi connectivity index (χ4n) is 2.09. The summed E-state index contributed by atoms with van der Waals surface area (Å²) in [6.45, 7) is 0.955. The van der Waals surface area contributed by atoms with Gasteiger partial charge in [0.2, 0.25) is 5.91 Å². The first kappa shape index (κ1) is 18.6. The topological polar surface area (TPSA) is 160 Å². The number of aliphatic hydroxyl groups excluding tert-OH is 1. The highest BCUT2D eigenvalue weighted by atomic mass is 32.2. The van der Waals surface area contributed by atoms with Crippen molar-refractivity contribution in [2.24, 2.45) is 5.11 Å². The number of azide groups is 1. The van der Waals surface area contributed by atoms with Gasteiger partial charge in [-0.05, 0) is 5.53 Å². The Hall–Kier alpha value is -1.43. The molecular formula is C10H18N4O7S. The number of methoxy groups -OCH3 is 1. The van der Waals surface area contributed by atoms with Crippen LogP contribution in [0.15, 0.2) is 5.11 Å². The number of hydrogen-bond acceptors (Lipinski definition) is 8. The Kier molecular flexibility index (Phi) is 6.53. The van der Waals surface area contributed by atoms with E-state index in [1.54, 1.807) is 0 Å². The average molecular weight is 338 g/mol. The molecule has 12 heteroatoms. The maximum Gasteiger partial charge on any atom is 0.264 e. The van der Waals surface area contributed by atoms with Crippen molar-refractivity contribution in [2.45, 2.75) is 37.6 Å². The number of hydrogen-bond donors (Lipinski definition) is 2. The summed E-state index contributed by atoms with van der Waals surface area (Å²) in [7, 11) is -2.65. The molecule has 1 rings (SSSR count). The van der Waals surface area contributed by atoms with Gasteiger partial charge in [-0.25, -0.2) is 0 Å². The smallest absolute Gasteiger partial charge is 0.264 e. The zero-order chi connectivity index (χ0) is 16.9. The van der Waals surface area contributed by atoms with Crippen molar-refractivity contribution in [3.63, 3.8) is 0 Å². The maximum atomic E-state index is 11.4. The number of amides is 1. The highest BCUT2D eigenvalue weighted by Crippen LogP contribution is 2.25. The number of nitrogens with one attached hydrogen (secondary N) is 1. The van der Waals surface area contributed by atoms with Crippen LogP contribution in [0.25, 0.3) is 10.4 Å². The Morgan fingerprint density at radius 2 is 2.18 bits per heavy atom. The first-order valence-corrected chi connectivity index (χ1v) is 8.03. The predicted octanol–water partition coefficient (Wildman–Crippen LogP) is -1.12. The van der Waals surface area contributed by atoms with Gasteiger partial charge in [-0.1, -0.05) is 5.11 Å². The quantitative estimate of drug-likeness (QED) is 0.268. The number of carbonyl (C=O) groups is 1. The number of nitrogens with zero attached hydrogens (tertiary/aromatic N) is 3. The second kappa shape index (κ2) is 7.72. The van der Waals surface area contributed by atoms with E-state index in [2.05, 4.69) is 15.3 Å². The van der Waals surface area contributed by atoms with E-state index in [0.717, 1.165) is 6.26 Å². The molecule has 2 N–H and O–H groups in total. The van der Waals surface area contributed by atoms with Gasteiger partial charge < -0.3 is 19.9 Å². The molecular weight excluding hydrogens is 320 g/mol. The lowest BCUT2D eigenvalue weighted by Gasteiger charge is -2.43. The minimum absolute atomic E-state index is 0.256. The monoisotopic (exact) mass is 338 g/mol. The molecule has 126 valence electrons. The fourth-order valence-corrected chi connectivity index (χ4v) is 2.73. The van der Waals surface area contributed by atoms with E-state index in [9.17, 15) is 18.3 Å². The Labute approximate surface area is 127 Å². The molecule has 0 aromatic rings. The number of carbonyl (C=O) groups excluding carboxylic acids is 1. The molecule has 0 aromatic carbocycles. The lowest BCUT2D eigenvalue weighted by Crippen LogP contribution is -2.65. The van der Waals surface area contributed by atoms with Crippen LogP contribution in [-0.2, 0) is 28.6 Å². The minimum Gasteiger partial charge on any atom is -0.388 e. The summed E-state index contributed by atoms with van der Waals surface area (Å²) < 4.78 is 38.1. The zero-order valence-electron chi connectivity index (χ0n) is 12.2. The molecule has 0 spiro atoms. The van der Waals surface area contributed by atoms with Crippen LogP contribution in [0, 0.1) is 0 Å². The standard InChI is InChI=1S/C10H18N4O7S/c1-5(15)13-7-9(21-22(3,17)18)8(16)6(4-12-14-11)20-10(7)19-2/h6-10,16H,4H2,1-3H3,(H,13,15)/t6-,7-,8-,9+,10-/m0/s1. The lowest BCUT2D eigenvalue weighted by molar-refractivity contribution is -0.248. The van der Waals surface area contributed by atoms with Crippen LogP contribution in [-0.4, -0.2) is 70.0 Å². The van der Waals surface area contributed by atoms with Crippen molar-refractivity contribution in [3.8, 4) is 0 Å². The summed E-state index contributed by atoms with van der Waals surface area (Å²) in [5.41, 5.74) is 8.34. The van der Waals surface area contributed by atoms with E-state index in [1.807, 2.05) is 0 Å². The van der Waals surface area contributed by atoms with Gasteiger partial charge in [0, 0.05) is 18.9 Å². The predicted molar refractivity (Wildman–Crippen MR) is 73.0 cm³/mol. The normalized spacial score (nSPS) is 32.1. The molecule has 0 saturated carbocycles. The molecule has 1 fully saturated rings. The van der Waals surface area contributed by atoms with Gasteiger partial charge in [0.05, 0.1) is 18.9 Å². The van der Waals surface area contributed by atoms with Crippen LogP contribution < -0.4 is 5.32 Å². The molecule has 0 radical (unpaired) electrons. The van der Waals surface area contributed by atoms with Gasteiger partial charge >= 0.3 is 0 Å². The first-order chi connectivity index (χ1) is 10.2. The second-order valence-corrected chi connectivity index (χ2v) is 6.27. The largest absolute Gasteiger partial charge is 0.388 e. The molecule has 11 nitrogen and oxygen atoms in total. The summed E-state index contributed by atoms with van der Waals surface area (Å²) in [5.74, 6) is -0.488. The summed E-state index contributed by atoms with van der Waals surface area (Å²) >= 11 is 0. The zero-order valence-corrected chi connectivity index (χ0v) is 13.1. The van der Waals surface area contributed by atoms with Crippen molar-refractivity contribution in [1.29, 1.82) is 0 Å². The van der Waals surface area contributed by atoms with E-state index in [-0.39, 0.29) is 6.54 Å². The molecule has 1 aliphatic heterocycles. The van der Waals surface area contributed by atoms with Crippen LogP contribution in [0.1, 0.15) is 6.92 Å². The SMILES string of the molecule is CO[C@H]1O[C@@H](CN=[N+]=[N-])[C@H](O)[C@H](OS(C)(=O)=O)[C@@H]1NC(C)=O. The van der Waals surface area contributed by atoms with Gasteiger partial charge in [-0.2, -0.15) is 8.42 Å². The molecule has 0 aliphatic carbocycles. The third-order valence-electron chi connectivity index (χ3n) is 2.89. The van der Waals surface area contributed by atoms with Crippen molar-refractivity contribution in [2.75, 3.05) is 19.9 Å². The second-order valence-electron chi connectivity index (χ2n) is 4.67. The van der Waals surface area contributed by atoms with Crippen LogP contribution in [0.2, 0.25) is 0 Å². The Balaban J connectivity index is 3.11. The van der Waals surface area contributed by atoms with E-state index in [4.69, 9.17) is 19.2 Å². The van der Waals surface area contributed by atoms with Gasteiger partial charge in [0.1, 0.15) is 18.2 Å². The highest BCUT2D eigenvalue weighted by Gasteiger charge is 2.48. The summed E-state index contributed by atoms with van der Waals surface area (Å²) in [5, 5.41) is 15.9. The highest BCUT2D eigenvalue weighted by molar-refractivity contribution is 7.86. The number of aliphatic hydroxyl groups is 1. The molecule has 1 heterocycles. The Bertz CT molecular complexity index is 547. The van der Waals surface area contributed by atoms with Gasteiger partial charge in [0.15, 0.2) is 6.29 Å². The van der Waals surface area contributed by atoms with Crippen molar-refractivity contribution in [3.05, 3.63) is 10.4 Å². The fraction of sp³-hybridized carbons (Fsp3) is 0.900. The molecule has 1 amide bonds. The van der Waals surface area contributed by atoms with Crippen molar-refractivity contribution in [1.82, 2.24) is 5.32 Å². The molecule has 5 atom stereocenters. The van der Waals surface area contributed by atoms with Crippen LogP contribution in [0.4, 0.5) is 0 Å². The molecule has 0 bridgehead atoms. The van der Waals surface area contributed by atoms with E-state index in [0.29, 0.717) is 0 Å².